The van der Waals surface area contributed by atoms with Crippen LogP contribution >= 0.6 is 0 Å². The molecule has 4 rings (SSSR count). The normalized spacial score (nSPS) is 21.9. The number of hydrogen-bond acceptors (Lipinski definition) is 11. The van der Waals surface area contributed by atoms with Gasteiger partial charge in [-0.2, -0.15) is 21.0 Å². The van der Waals surface area contributed by atoms with Crippen molar-refractivity contribution >= 4 is 11.9 Å². The minimum atomic E-state index is -0.703. The van der Waals surface area contributed by atoms with Gasteiger partial charge in [-0.1, -0.05) is 27.7 Å². The summed E-state index contributed by atoms with van der Waals surface area (Å²) in [6, 6.07) is 8.66. The fraction of sp³-hybridized carbons (Fsp3) is 0.641. The Hall–Kier alpha value is -4.58. The molecule has 2 aliphatic heterocycles. The summed E-state index contributed by atoms with van der Waals surface area (Å²) in [6.45, 7) is 13.2. The molecule has 2 fully saturated rings. The molecule has 11 nitrogen and oxygen atoms in total. The Kier molecular flexibility index (Phi) is 13.3. The van der Waals surface area contributed by atoms with Crippen LogP contribution in [-0.2, 0) is 19.1 Å². The van der Waals surface area contributed by atoms with Gasteiger partial charge in [0.25, 0.3) is 0 Å². The van der Waals surface area contributed by atoms with Crippen molar-refractivity contribution < 1.29 is 19.1 Å². The van der Waals surface area contributed by atoms with Gasteiger partial charge in [0.15, 0.2) is 0 Å². The molecule has 2 heterocycles. The van der Waals surface area contributed by atoms with Gasteiger partial charge in [0.1, 0.15) is 42.0 Å². The molecule has 0 aromatic carbocycles. The van der Waals surface area contributed by atoms with Crippen LogP contribution in [0.25, 0.3) is 0 Å². The maximum atomic E-state index is 13.0. The second-order valence-corrected chi connectivity index (χ2v) is 15.3. The van der Waals surface area contributed by atoms with Crippen molar-refractivity contribution in [3.63, 3.8) is 0 Å². The van der Waals surface area contributed by atoms with Gasteiger partial charge in [-0.05, 0) is 99.1 Å². The van der Waals surface area contributed by atoms with Gasteiger partial charge in [0.05, 0.1) is 17.8 Å². The van der Waals surface area contributed by atoms with Crippen molar-refractivity contribution in [3.8, 4) is 24.3 Å². The first-order valence-corrected chi connectivity index (χ1v) is 18.0. The van der Waals surface area contributed by atoms with Crippen LogP contribution in [0.3, 0.4) is 0 Å². The van der Waals surface area contributed by atoms with Crippen molar-refractivity contribution in [2.75, 3.05) is 52.5 Å². The molecule has 1 N–H and O–H groups in total. The largest absolute Gasteiger partial charge is 0.462 e. The molecule has 0 bridgehead atoms. The SMILES string of the molecule is CC1(C)CC(N2CCCC2)=C(C#N)/C(=C(\C#N)C(=O)OCCCCCNCCOC(=O)/C(C#N)=C2\CC(C)(C)CC(N3CCCC3)=C2C#N)C1. The molecular weight excluding hydrogens is 630 g/mol. The number of likely N-dealkylation sites (tertiary alicyclic amines) is 2. The lowest BCUT2D eigenvalue weighted by atomic mass is 9.72. The van der Waals surface area contributed by atoms with Crippen LogP contribution in [-0.4, -0.2) is 74.2 Å². The highest BCUT2D eigenvalue weighted by Gasteiger charge is 2.38. The van der Waals surface area contributed by atoms with E-state index in [-0.39, 0.29) is 35.2 Å². The highest BCUT2D eigenvalue weighted by atomic mass is 16.5. The lowest BCUT2D eigenvalue weighted by molar-refractivity contribution is -0.139. The van der Waals surface area contributed by atoms with Gasteiger partial charge in [-0.25, -0.2) is 9.59 Å². The third kappa shape index (κ3) is 9.56. The predicted molar refractivity (Wildman–Crippen MR) is 187 cm³/mol. The smallest absolute Gasteiger partial charge is 0.349 e. The van der Waals surface area contributed by atoms with E-state index in [9.17, 15) is 30.6 Å². The van der Waals surface area contributed by atoms with E-state index in [2.05, 4.69) is 54.9 Å². The van der Waals surface area contributed by atoms with Crippen molar-refractivity contribution in [1.29, 1.82) is 21.0 Å². The second-order valence-electron chi connectivity index (χ2n) is 15.3. The number of nitrogens with zero attached hydrogens (tertiary/aromatic N) is 6. The maximum absolute atomic E-state index is 13.0. The van der Waals surface area contributed by atoms with E-state index in [1.807, 2.05) is 12.1 Å². The van der Waals surface area contributed by atoms with Crippen LogP contribution in [0.2, 0.25) is 0 Å². The Morgan fingerprint density at radius 3 is 1.50 bits per heavy atom. The topological polar surface area (TPSA) is 166 Å². The number of ether oxygens (including phenoxy) is 2. The van der Waals surface area contributed by atoms with Crippen LogP contribution < -0.4 is 5.32 Å². The molecule has 266 valence electrons. The van der Waals surface area contributed by atoms with Gasteiger partial charge in [-0.3, -0.25) is 0 Å². The zero-order chi connectivity index (χ0) is 36.3. The number of nitriles is 4. The molecule has 0 unspecified atom stereocenters. The highest BCUT2D eigenvalue weighted by molar-refractivity contribution is 5.95. The Bertz CT molecular complexity index is 1490. The van der Waals surface area contributed by atoms with E-state index >= 15 is 0 Å². The quantitative estimate of drug-likeness (QED) is 0.107. The molecule has 2 saturated heterocycles. The fourth-order valence-corrected chi connectivity index (χ4v) is 7.55. The zero-order valence-electron chi connectivity index (χ0n) is 30.3. The van der Waals surface area contributed by atoms with Crippen molar-refractivity contribution in [1.82, 2.24) is 15.1 Å². The number of carbonyl (C=O) groups is 2. The Morgan fingerprint density at radius 2 is 1.08 bits per heavy atom. The van der Waals surface area contributed by atoms with Crippen LogP contribution in [0.1, 0.15) is 98.3 Å². The predicted octanol–water partition coefficient (Wildman–Crippen LogP) is 5.86. The minimum Gasteiger partial charge on any atom is -0.462 e. The first-order valence-electron chi connectivity index (χ1n) is 18.0. The molecule has 2 aliphatic carbocycles. The Balaban J connectivity index is 1.21. The second kappa shape index (κ2) is 17.4. The minimum absolute atomic E-state index is 0.0727. The van der Waals surface area contributed by atoms with Crippen molar-refractivity contribution in [2.24, 2.45) is 10.8 Å². The molecule has 0 aromatic heterocycles. The summed E-state index contributed by atoms with van der Waals surface area (Å²) in [5, 5.41) is 43.2. The van der Waals surface area contributed by atoms with E-state index in [1.165, 1.54) is 0 Å². The van der Waals surface area contributed by atoms with E-state index in [1.54, 1.807) is 0 Å². The fourth-order valence-electron chi connectivity index (χ4n) is 7.55. The standard InChI is InChI=1S/C39H51N7O4/c1-38(2)20-28(30(24-40)34(22-38)45-14-7-8-15-45)32(26-42)36(47)49-18-11-5-6-12-44-13-19-50-37(48)33(27-43)29-21-39(3,4)23-35(31(29)25-41)46-16-9-10-17-46/h44H,5-23H2,1-4H3/b32-28+,33-29+. The maximum Gasteiger partial charge on any atom is 0.349 e. The van der Waals surface area contributed by atoms with Crippen LogP contribution in [0.5, 0.6) is 0 Å². The molecule has 0 radical (unpaired) electrons. The van der Waals surface area contributed by atoms with E-state index < -0.39 is 11.9 Å². The monoisotopic (exact) mass is 681 g/mol. The molecule has 0 aromatic rings. The van der Waals surface area contributed by atoms with E-state index in [4.69, 9.17) is 9.47 Å². The van der Waals surface area contributed by atoms with E-state index in [0.29, 0.717) is 54.6 Å². The lowest BCUT2D eigenvalue weighted by Gasteiger charge is -2.37. The average molecular weight is 682 g/mol. The molecular formula is C39H51N7O4. The highest BCUT2D eigenvalue weighted by Crippen LogP contribution is 2.46. The molecule has 0 atom stereocenters. The van der Waals surface area contributed by atoms with Crippen LogP contribution in [0, 0.1) is 56.2 Å². The van der Waals surface area contributed by atoms with Crippen molar-refractivity contribution in [3.05, 3.63) is 44.8 Å². The Labute approximate surface area is 297 Å². The zero-order valence-corrected chi connectivity index (χ0v) is 30.3. The number of carbonyl (C=O) groups excluding carboxylic acids is 2. The third-order valence-corrected chi connectivity index (χ3v) is 9.96. The van der Waals surface area contributed by atoms with Gasteiger partial charge in [0, 0.05) is 44.1 Å². The summed E-state index contributed by atoms with van der Waals surface area (Å²) < 4.78 is 10.9. The summed E-state index contributed by atoms with van der Waals surface area (Å²) in [6.07, 6.45) is 8.87. The van der Waals surface area contributed by atoms with E-state index in [0.717, 1.165) is 88.9 Å². The number of esters is 2. The third-order valence-electron chi connectivity index (χ3n) is 9.96. The number of nitrogens with one attached hydrogen (secondary N) is 1. The molecule has 0 spiro atoms. The van der Waals surface area contributed by atoms with Gasteiger partial charge >= 0.3 is 11.9 Å². The molecule has 0 amide bonds. The Morgan fingerprint density at radius 1 is 0.640 bits per heavy atom. The molecule has 4 aliphatic rings. The number of unbranched alkanes of at least 4 members (excludes halogenated alkanes) is 2. The lowest BCUT2D eigenvalue weighted by Crippen LogP contribution is -2.31. The summed E-state index contributed by atoms with van der Waals surface area (Å²) >= 11 is 0. The molecule has 11 heteroatoms. The molecule has 0 saturated carbocycles. The molecule has 50 heavy (non-hydrogen) atoms. The van der Waals surface area contributed by atoms with Gasteiger partial charge in [-0.15, -0.1) is 0 Å². The number of rotatable bonds is 13. The van der Waals surface area contributed by atoms with Crippen molar-refractivity contribution in [2.45, 2.75) is 98.3 Å². The first-order chi connectivity index (χ1) is 23.9. The average Bonchev–Trinajstić information content (AvgIpc) is 3.81. The van der Waals surface area contributed by atoms with Crippen LogP contribution in [0.4, 0.5) is 0 Å². The summed E-state index contributed by atoms with van der Waals surface area (Å²) in [7, 11) is 0. The van der Waals surface area contributed by atoms with Gasteiger partial charge in [0.2, 0.25) is 0 Å². The first kappa shape index (κ1) is 38.2. The number of allylic oxidation sites excluding steroid dienone is 6. The summed E-state index contributed by atoms with van der Waals surface area (Å²) in [4.78, 5) is 30.4. The summed E-state index contributed by atoms with van der Waals surface area (Å²) in [5.41, 5.74) is 3.21. The van der Waals surface area contributed by atoms with Crippen LogP contribution in [0.15, 0.2) is 44.8 Å². The number of hydrogen-bond donors (Lipinski definition) is 1. The van der Waals surface area contributed by atoms with Gasteiger partial charge < -0.3 is 24.6 Å². The summed E-state index contributed by atoms with van der Waals surface area (Å²) in [5.74, 6) is -1.38.